The van der Waals surface area contributed by atoms with Gasteiger partial charge in [-0.05, 0) is 25.1 Å². The molecule has 0 bridgehead atoms. The summed E-state index contributed by atoms with van der Waals surface area (Å²) in [6.45, 7) is 1.70. The van der Waals surface area contributed by atoms with Crippen LogP contribution in [0.15, 0.2) is 47.6 Å². The lowest BCUT2D eigenvalue weighted by Crippen LogP contribution is -2.16. The Morgan fingerprint density at radius 3 is 2.70 bits per heavy atom. The fourth-order valence-electron chi connectivity index (χ4n) is 2.31. The van der Waals surface area contributed by atoms with Gasteiger partial charge < -0.3 is 9.14 Å². The first-order chi connectivity index (χ1) is 12.8. The Hall–Kier alpha value is -2.29. The molecule has 3 rings (SSSR count). The Morgan fingerprint density at radius 1 is 1.33 bits per heavy atom. The van der Waals surface area contributed by atoms with E-state index >= 15 is 0 Å². The molecule has 27 heavy (non-hydrogen) atoms. The third kappa shape index (κ3) is 4.71. The van der Waals surface area contributed by atoms with Gasteiger partial charge in [-0.15, -0.1) is 11.8 Å². The van der Waals surface area contributed by atoms with Crippen molar-refractivity contribution in [1.29, 1.82) is 0 Å². The molecule has 0 N–H and O–H groups in total. The van der Waals surface area contributed by atoms with Crippen molar-refractivity contribution < 1.29 is 14.5 Å². The molecule has 0 spiro atoms. The van der Waals surface area contributed by atoms with Gasteiger partial charge in [0.1, 0.15) is 11.9 Å². The first kappa shape index (κ1) is 19.5. The number of carbonyl (C=O) groups excluding carboxylic acids is 1. The Bertz CT molecular complexity index is 1010. The van der Waals surface area contributed by atoms with Gasteiger partial charge in [-0.2, -0.15) is 0 Å². The Balaban J connectivity index is 1.60. The van der Waals surface area contributed by atoms with Crippen molar-refractivity contribution in [2.75, 3.05) is 0 Å². The van der Waals surface area contributed by atoms with Crippen LogP contribution in [-0.4, -0.2) is 25.5 Å². The number of imidazole rings is 1. The number of benzene rings is 1. The van der Waals surface area contributed by atoms with Gasteiger partial charge in [-0.3, -0.25) is 14.9 Å². The predicted molar refractivity (Wildman–Crippen MR) is 103 cm³/mol. The van der Waals surface area contributed by atoms with Gasteiger partial charge in [-0.1, -0.05) is 23.2 Å². The molecule has 0 radical (unpaired) electrons. The molecule has 0 aliphatic carbocycles. The van der Waals surface area contributed by atoms with Crippen molar-refractivity contribution in [2.45, 2.75) is 23.7 Å². The van der Waals surface area contributed by atoms with E-state index in [1.807, 2.05) is 0 Å². The number of ether oxygens (including phenoxy) is 1. The zero-order valence-electron chi connectivity index (χ0n) is 14.0. The molecule has 0 saturated heterocycles. The number of halogens is 2. The fourth-order valence-corrected chi connectivity index (χ4v) is 3.70. The number of nitrogens with zero attached hydrogens (tertiary/aromatic N) is 3. The zero-order chi connectivity index (χ0) is 19.6. The van der Waals surface area contributed by atoms with Gasteiger partial charge in [0.2, 0.25) is 0 Å². The number of thioether (sulfide) groups is 1. The Labute approximate surface area is 168 Å². The second-order valence-corrected chi connectivity index (χ2v) is 7.85. The van der Waals surface area contributed by atoms with Crippen molar-refractivity contribution >= 4 is 52.3 Å². The Kier molecular flexibility index (Phi) is 5.88. The average molecular weight is 426 g/mol. The molecule has 1 unspecified atom stereocenters. The van der Waals surface area contributed by atoms with E-state index in [1.54, 1.807) is 41.9 Å². The molecule has 0 aliphatic rings. The molecule has 140 valence electrons. The molecule has 2 heterocycles. The van der Waals surface area contributed by atoms with E-state index in [0.717, 1.165) is 4.90 Å². The molecule has 1 atom stereocenters. The van der Waals surface area contributed by atoms with Gasteiger partial charge in [0.05, 0.1) is 20.7 Å². The molecular formula is C17H13Cl2N3O4S. The molecule has 10 heteroatoms. The minimum Gasteiger partial charge on any atom is -0.458 e. The Morgan fingerprint density at radius 2 is 2.04 bits per heavy atom. The van der Waals surface area contributed by atoms with Crippen LogP contribution in [-0.2, 0) is 16.1 Å². The van der Waals surface area contributed by atoms with Crippen LogP contribution in [0.2, 0.25) is 10.0 Å². The molecule has 0 amide bonds. The predicted octanol–water partition coefficient (Wildman–Crippen LogP) is 4.77. The molecule has 7 nitrogen and oxygen atoms in total. The highest BCUT2D eigenvalue weighted by molar-refractivity contribution is 8.00. The summed E-state index contributed by atoms with van der Waals surface area (Å²) >= 11 is 13.3. The lowest BCUT2D eigenvalue weighted by molar-refractivity contribution is -0.384. The minimum atomic E-state index is -0.485. The van der Waals surface area contributed by atoms with Gasteiger partial charge >= 0.3 is 5.97 Å². The summed E-state index contributed by atoms with van der Waals surface area (Å²) in [6.07, 6.45) is 3.35. The van der Waals surface area contributed by atoms with Crippen LogP contribution in [0.3, 0.4) is 0 Å². The number of hydrogen-bond acceptors (Lipinski definition) is 6. The number of nitro benzene ring substituents is 1. The SMILES string of the molecule is CC(Sc1ccc([N+](=O)[O-])cc1)C(=O)OCc1cn2cc(Cl)cc(Cl)c2n1. The smallest absolute Gasteiger partial charge is 0.319 e. The van der Waals surface area contributed by atoms with Crippen LogP contribution < -0.4 is 0 Å². The number of fused-ring (bicyclic) bond motifs is 1. The van der Waals surface area contributed by atoms with Crippen molar-refractivity contribution in [1.82, 2.24) is 9.38 Å². The number of hydrogen-bond donors (Lipinski definition) is 0. The first-order valence-corrected chi connectivity index (χ1v) is 9.37. The number of esters is 1. The van der Waals surface area contributed by atoms with Gasteiger partial charge in [-0.25, -0.2) is 4.98 Å². The highest BCUT2D eigenvalue weighted by Gasteiger charge is 2.18. The first-order valence-electron chi connectivity index (χ1n) is 7.74. The second kappa shape index (κ2) is 8.16. The van der Waals surface area contributed by atoms with E-state index in [9.17, 15) is 14.9 Å². The number of pyridine rings is 1. The highest BCUT2D eigenvalue weighted by Crippen LogP contribution is 2.26. The number of aromatic nitrogens is 2. The van der Waals surface area contributed by atoms with E-state index in [1.165, 1.54) is 23.9 Å². The normalized spacial score (nSPS) is 12.1. The van der Waals surface area contributed by atoms with Crippen LogP contribution in [0.5, 0.6) is 0 Å². The maximum absolute atomic E-state index is 12.2. The summed E-state index contributed by atoms with van der Waals surface area (Å²) < 4.78 is 6.97. The second-order valence-electron chi connectivity index (χ2n) is 5.59. The van der Waals surface area contributed by atoms with Crippen molar-refractivity contribution in [2.24, 2.45) is 0 Å². The summed E-state index contributed by atoms with van der Waals surface area (Å²) in [4.78, 5) is 27.5. The topological polar surface area (TPSA) is 86.7 Å². The summed E-state index contributed by atoms with van der Waals surface area (Å²) in [5.74, 6) is -0.417. The van der Waals surface area contributed by atoms with E-state index in [-0.39, 0.29) is 12.3 Å². The molecule has 0 saturated carbocycles. The lowest BCUT2D eigenvalue weighted by Gasteiger charge is -2.10. The van der Waals surface area contributed by atoms with Crippen LogP contribution in [0.1, 0.15) is 12.6 Å². The van der Waals surface area contributed by atoms with E-state index in [4.69, 9.17) is 27.9 Å². The molecule has 0 aliphatic heterocycles. The molecule has 1 aromatic carbocycles. The number of nitro groups is 1. The quantitative estimate of drug-likeness (QED) is 0.244. The molecular weight excluding hydrogens is 413 g/mol. The van der Waals surface area contributed by atoms with Crippen LogP contribution >= 0.6 is 35.0 Å². The van der Waals surface area contributed by atoms with Crippen molar-refractivity contribution in [3.05, 3.63) is 68.6 Å². The van der Waals surface area contributed by atoms with Crippen LogP contribution in [0, 0.1) is 10.1 Å². The third-order valence-corrected chi connectivity index (χ3v) is 5.15. The van der Waals surface area contributed by atoms with Gasteiger partial charge in [0.25, 0.3) is 5.69 Å². The maximum atomic E-state index is 12.2. The van der Waals surface area contributed by atoms with E-state index in [0.29, 0.717) is 21.4 Å². The standard InChI is InChI=1S/C17H13Cl2N3O4S/c1-10(27-14-4-2-13(3-5-14)22(24)25)17(23)26-9-12-8-21-7-11(18)6-15(19)16(21)20-12/h2-8,10H,9H2,1H3. The highest BCUT2D eigenvalue weighted by atomic mass is 35.5. The molecule has 0 fully saturated rings. The third-order valence-electron chi connectivity index (χ3n) is 3.58. The van der Waals surface area contributed by atoms with Crippen LogP contribution in [0.4, 0.5) is 5.69 Å². The minimum absolute atomic E-state index is 0.000178. The number of rotatable bonds is 6. The zero-order valence-corrected chi connectivity index (χ0v) is 16.3. The summed E-state index contributed by atoms with van der Waals surface area (Å²) in [5.41, 5.74) is 1.07. The lowest BCUT2D eigenvalue weighted by atomic mass is 10.3. The maximum Gasteiger partial charge on any atom is 0.319 e. The van der Waals surface area contributed by atoms with Crippen LogP contribution in [0.25, 0.3) is 5.65 Å². The summed E-state index contributed by atoms with van der Waals surface area (Å²) in [5, 5.41) is 11.1. The number of carbonyl (C=O) groups is 1. The van der Waals surface area contributed by atoms with E-state index in [2.05, 4.69) is 4.98 Å². The van der Waals surface area contributed by atoms with Gasteiger partial charge in [0, 0.05) is 29.4 Å². The average Bonchev–Trinajstić information content (AvgIpc) is 3.03. The largest absolute Gasteiger partial charge is 0.458 e. The summed E-state index contributed by atoms with van der Waals surface area (Å²) in [6, 6.07) is 7.57. The fraction of sp³-hybridized carbons (Fsp3) is 0.176. The van der Waals surface area contributed by atoms with E-state index < -0.39 is 16.1 Å². The van der Waals surface area contributed by atoms with Gasteiger partial charge in [0.15, 0.2) is 5.65 Å². The molecule has 3 aromatic rings. The molecule has 2 aromatic heterocycles. The van der Waals surface area contributed by atoms with Crippen molar-refractivity contribution in [3.8, 4) is 0 Å². The number of non-ortho nitro benzene ring substituents is 1. The summed E-state index contributed by atoms with van der Waals surface area (Å²) in [7, 11) is 0. The monoisotopic (exact) mass is 425 g/mol. The van der Waals surface area contributed by atoms with Crippen molar-refractivity contribution in [3.63, 3.8) is 0 Å².